The first-order valence-corrected chi connectivity index (χ1v) is 19.6. The number of aliphatic hydroxyl groups is 1. The van der Waals surface area contributed by atoms with E-state index in [1.807, 2.05) is 41.5 Å². The van der Waals surface area contributed by atoms with E-state index in [9.17, 15) is 39.0 Å². The van der Waals surface area contributed by atoms with Gasteiger partial charge < -0.3 is 36.2 Å². The number of ether oxygens (including phenoxy) is 1. The van der Waals surface area contributed by atoms with Crippen molar-refractivity contribution in [3.8, 4) is 0 Å². The van der Waals surface area contributed by atoms with Gasteiger partial charge in [0, 0.05) is 6.42 Å². The fourth-order valence-electron chi connectivity index (χ4n) is 5.90. The lowest BCUT2D eigenvalue weighted by Gasteiger charge is -2.27. The van der Waals surface area contributed by atoms with Gasteiger partial charge in [-0.2, -0.15) is 0 Å². The van der Waals surface area contributed by atoms with Crippen LogP contribution in [-0.4, -0.2) is 83.2 Å². The van der Waals surface area contributed by atoms with Gasteiger partial charge in [-0.1, -0.05) is 107 Å². The number of carbonyl (C=O) groups excluding carboxylic acids is 5. The van der Waals surface area contributed by atoms with E-state index in [-0.39, 0.29) is 56.3 Å². The summed E-state index contributed by atoms with van der Waals surface area (Å²) < 4.78 is 4.72. The molecule has 0 rings (SSSR count). The van der Waals surface area contributed by atoms with Crippen molar-refractivity contribution in [3.63, 3.8) is 0 Å². The Hall–Kier alpha value is -3.22. The summed E-state index contributed by atoms with van der Waals surface area (Å²) in [5.41, 5.74) is 0. The number of hydrogen-bond donors (Lipinski definition) is 6. The summed E-state index contributed by atoms with van der Waals surface area (Å²) in [6.07, 6.45) is 8.56. The molecule has 13 heteroatoms. The van der Waals surface area contributed by atoms with Crippen molar-refractivity contribution in [2.75, 3.05) is 7.11 Å². The zero-order valence-corrected chi connectivity index (χ0v) is 33.6. The van der Waals surface area contributed by atoms with Gasteiger partial charge in [0.25, 0.3) is 0 Å². The largest absolute Gasteiger partial charge is 0.480 e. The van der Waals surface area contributed by atoms with Crippen LogP contribution in [0.4, 0.5) is 0 Å². The summed E-state index contributed by atoms with van der Waals surface area (Å²) in [6.45, 7) is 15.6. The van der Waals surface area contributed by atoms with Crippen molar-refractivity contribution in [2.45, 2.75) is 182 Å². The fourth-order valence-corrected chi connectivity index (χ4v) is 5.90. The molecule has 302 valence electrons. The SMILES string of the molecule is CCC(C)CCCCCCCCC(O)CC(=O)NC(CCC(=O)OC)C(=O)NC(CC(C)C)C(=O)NC(CC(C)C)C(=O)NC(CC(C)C)C(=O)O. The molecular formula is C39H72N4O9. The molecule has 6 N–H and O–H groups in total. The number of unbranched alkanes of at least 4 members (excludes halogenated alkanes) is 5. The van der Waals surface area contributed by atoms with Crippen LogP contribution in [0, 0.1) is 23.7 Å². The zero-order valence-electron chi connectivity index (χ0n) is 33.6. The third-order valence-electron chi connectivity index (χ3n) is 9.12. The minimum Gasteiger partial charge on any atom is -0.480 e. The quantitative estimate of drug-likeness (QED) is 0.0450. The van der Waals surface area contributed by atoms with Gasteiger partial charge in [0.1, 0.15) is 24.2 Å². The highest BCUT2D eigenvalue weighted by Crippen LogP contribution is 2.16. The van der Waals surface area contributed by atoms with Crippen LogP contribution < -0.4 is 21.3 Å². The van der Waals surface area contributed by atoms with Crippen molar-refractivity contribution >= 4 is 35.6 Å². The highest BCUT2D eigenvalue weighted by molar-refractivity contribution is 5.95. The molecule has 0 saturated heterocycles. The third kappa shape index (κ3) is 23.4. The minimum atomic E-state index is -1.20. The molecule has 0 aromatic carbocycles. The highest BCUT2D eigenvalue weighted by Gasteiger charge is 2.32. The van der Waals surface area contributed by atoms with Crippen molar-refractivity contribution in [1.82, 2.24) is 21.3 Å². The number of nitrogens with one attached hydrogen (secondary N) is 4. The second kappa shape index (κ2) is 27.4. The van der Waals surface area contributed by atoms with Crippen LogP contribution in [0.15, 0.2) is 0 Å². The molecule has 0 fully saturated rings. The predicted molar refractivity (Wildman–Crippen MR) is 202 cm³/mol. The Morgan fingerprint density at radius 3 is 1.44 bits per heavy atom. The lowest BCUT2D eigenvalue weighted by Crippen LogP contribution is -2.58. The van der Waals surface area contributed by atoms with E-state index >= 15 is 0 Å². The van der Waals surface area contributed by atoms with Crippen LogP contribution in [0.1, 0.15) is 152 Å². The predicted octanol–water partition coefficient (Wildman–Crippen LogP) is 5.02. The molecule has 0 aliphatic carbocycles. The van der Waals surface area contributed by atoms with E-state index in [4.69, 9.17) is 4.74 Å². The first kappa shape index (κ1) is 48.8. The maximum atomic E-state index is 13.6. The number of carbonyl (C=O) groups is 6. The molecule has 0 spiro atoms. The van der Waals surface area contributed by atoms with Crippen molar-refractivity contribution in [2.24, 2.45) is 23.7 Å². The van der Waals surface area contributed by atoms with E-state index in [2.05, 4.69) is 35.1 Å². The van der Waals surface area contributed by atoms with Crippen molar-refractivity contribution in [3.05, 3.63) is 0 Å². The second-order valence-corrected chi connectivity index (χ2v) is 15.7. The summed E-state index contributed by atoms with van der Waals surface area (Å²) in [7, 11) is 1.22. The molecule has 6 unspecified atom stereocenters. The van der Waals surface area contributed by atoms with E-state index in [1.54, 1.807) is 0 Å². The van der Waals surface area contributed by atoms with Crippen LogP contribution in [0.5, 0.6) is 0 Å². The van der Waals surface area contributed by atoms with Gasteiger partial charge in [0.05, 0.1) is 19.6 Å². The molecule has 52 heavy (non-hydrogen) atoms. The molecule has 4 amide bonds. The maximum Gasteiger partial charge on any atom is 0.326 e. The number of amides is 4. The Bertz CT molecular complexity index is 1080. The standard InChI is InChI=1S/C39H72N4O9/c1-10-28(8)17-15-13-11-12-14-16-18-29(44)24-34(45)40-30(19-20-35(46)52-9)36(47)41-31(21-25(2)3)37(48)42-32(22-26(4)5)38(49)43-33(39(50)51)23-27(6)7/h25-33,44H,10-24H2,1-9H3,(H,40,45)(H,41,47)(H,42,48)(H,43,49)(H,50,51). The van der Waals surface area contributed by atoms with E-state index < -0.39 is 65.8 Å². The van der Waals surface area contributed by atoms with Gasteiger partial charge in [0.15, 0.2) is 0 Å². The summed E-state index contributed by atoms with van der Waals surface area (Å²) in [6, 6.07) is -4.48. The van der Waals surface area contributed by atoms with Gasteiger partial charge in [-0.05, 0) is 55.8 Å². The fraction of sp³-hybridized carbons (Fsp3) is 0.846. The van der Waals surface area contributed by atoms with Gasteiger partial charge in [-0.15, -0.1) is 0 Å². The van der Waals surface area contributed by atoms with E-state index in [0.29, 0.717) is 6.42 Å². The topological polar surface area (TPSA) is 200 Å². The molecule has 0 aromatic rings. The highest BCUT2D eigenvalue weighted by atomic mass is 16.5. The number of rotatable bonds is 29. The number of carboxylic acid groups (broad SMARTS) is 1. The lowest BCUT2D eigenvalue weighted by molar-refractivity contribution is -0.143. The Kier molecular flexibility index (Phi) is 25.7. The minimum absolute atomic E-state index is 0.00463. The number of hydrogen-bond acceptors (Lipinski definition) is 8. The smallest absolute Gasteiger partial charge is 0.326 e. The summed E-state index contributed by atoms with van der Waals surface area (Å²) in [4.78, 5) is 77.2. The molecule has 0 saturated carbocycles. The molecule has 0 bridgehead atoms. The molecule has 6 atom stereocenters. The molecule has 0 aromatic heterocycles. The monoisotopic (exact) mass is 741 g/mol. The molecule has 13 nitrogen and oxygen atoms in total. The summed E-state index contributed by atoms with van der Waals surface area (Å²) in [5.74, 6) is -3.61. The molecule has 0 aliphatic heterocycles. The lowest BCUT2D eigenvalue weighted by atomic mass is 9.98. The van der Waals surface area contributed by atoms with E-state index in [1.165, 1.54) is 32.8 Å². The van der Waals surface area contributed by atoms with E-state index in [0.717, 1.165) is 31.6 Å². The van der Waals surface area contributed by atoms with Crippen molar-refractivity contribution < 1.29 is 43.7 Å². The summed E-state index contributed by atoms with van der Waals surface area (Å²) in [5, 5.41) is 30.8. The van der Waals surface area contributed by atoms with Crippen molar-refractivity contribution in [1.29, 1.82) is 0 Å². The number of aliphatic carboxylic acids is 1. The molecule has 0 radical (unpaired) electrons. The van der Waals surface area contributed by atoms with Gasteiger partial charge >= 0.3 is 11.9 Å². The van der Waals surface area contributed by atoms with Gasteiger partial charge in [-0.25, -0.2) is 4.79 Å². The van der Waals surface area contributed by atoms with Crippen LogP contribution in [0.3, 0.4) is 0 Å². The molecule has 0 aliphatic rings. The maximum absolute atomic E-state index is 13.6. The van der Waals surface area contributed by atoms with Crippen LogP contribution >= 0.6 is 0 Å². The average Bonchev–Trinajstić information content (AvgIpc) is 3.05. The molecule has 0 heterocycles. The number of carboxylic acids is 1. The first-order valence-electron chi connectivity index (χ1n) is 19.6. The Balaban J connectivity index is 5.56. The third-order valence-corrected chi connectivity index (χ3v) is 9.12. The number of methoxy groups -OCH3 is 1. The zero-order chi connectivity index (χ0) is 39.8. The van der Waals surface area contributed by atoms with Crippen LogP contribution in [0.2, 0.25) is 0 Å². The Morgan fingerprint density at radius 1 is 0.577 bits per heavy atom. The number of aliphatic hydroxyl groups excluding tert-OH is 1. The van der Waals surface area contributed by atoms with Crippen LogP contribution in [0.25, 0.3) is 0 Å². The van der Waals surface area contributed by atoms with Gasteiger partial charge in [0.2, 0.25) is 23.6 Å². The van der Waals surface area contributed by atoms with Crippen LogP contribution in [-0.2, 0) is 33.5 Å². The van der Waals surface area contributed by atoms with Gasteiger partial charge in [-0.3, -0.25) is 24.0 Å². The summed E-state index contributed by atoms with van der Waals surface area (Å²) >= 11 is 0. The average molecular weight is 741 g/mol. The first-order chi connectivity index (χ1) is 24.4. The Labute approximate surface area is 312 Å². The second-order valence-electron chi connectivity index (χ2n) is 15.7. The number of esters is 1. The Morgan fingerprint density at radius 2 is 1.00 bits per heavy atom. The molecular weight excluding hydrogens is 668 g/mol. The normalized spacial score (nSPS) is 14.9.